The fraction of sp³-hybridized carbons (Fsp3) is 0.867. The lowest BCUT2D eigenvalue weighted by Gasteiger charge is -2.13. The molecule has 0 aliphatic carbocycles. The van der Waals surface area contributed by atoms with Gasteiger partial charge in [0.15, 0.2) is 0 Å². The second-order valence-electron chi connectivity index (χ2n) is 10.1. The van der Waals surface area contributed by atoms with Crippen LogP contribution in [0, 0.1) is 43.4 Å². The Kier molecular flexibility index (Phi) is 22.9. The van der Waals surface area contributed by atoms with Crippen molar-refractivity contribution in [1.29, 1.82) is 0 Å². The Labute approximate surface area is 192 Å². The third kappa shape index (κ3) is 22.2. The molecule has 0 aliphatic rings. The molecule has 0 aromatic rings. The van der Waals surface area contributed by atoms with E-state index in [2.05, 4.69) is 46.5 Å². The summed E-state index contributed by atoms with van der Waals surface area (Å²) in [6.45, 7) is 15.0. The molecule has 0 nitrogen and oxygen atoms in total. The molecule has 0 heteroatoms. The average molecular weight is 417 g/mol. The minimum absolute atomic E-state index is 0.590. The van der Waals surface area contributed by atoms with Crippen molar-refractivity contribution in [1.82, 2.24) is 0 Å². The van der Waals surface area contributed by atoms with Crippen LogP contribution in [-0.2, 0) is 0 Å². The standard InChI is InChI=1S/C30H56/c1-6-8-9-10-15-18-23-29(4)24-19-16-13-11-12-14-17-20-25-30(5)27-21-26-28(3)22-7-2/h28-30H,1-2,6-18,20-23,25-27H2,3-5H3. The van der Waals surface area contributed by atoms with Crippen LogP contribution in [0.4, 0.5) is 0 Å². The van der Waals surface area contributed by atoms with Gasteiger partial charge >= 0.3 is 0 Å². The van der Waals surface area contributed by atoms with Gasteiger partial charge in [-0.15, -0.1) is 11.8 Å². The number of rotatable bonds is 21. The van der Waals surface area contributed by atoms with E-state index >= 15 is 0 Å². The Morgan fingerprint density at radius 1 is 0.500 bits per heavy atom. The van der Waals surface area contributed by atoms with Crippen LogP contribution in [0.25, 0.3) is 0 Å². The Morgan fingerprint density at radius 2 is 1.00 bits per heavy atom. The van der Waals surface area contributed by atoms with Crippen LogP contribution >= 0.6 is 0 Å². The topological polar surface area (TPSA) is 0 Å². The predicted octanol–water partition coefficient (Wildman–Crippen LogP) is 10.4. The molecule has 3 atom stereocenters. The first-order valence-corrected chi connectivity index (χ1v) is 13.7. The third-order valence-corrected chi connectivity index (χ3v) is 6.58. The maximum atomic E-state index is 3.97. The Morgan fingerprint density at radius 3 is 1.63 bits per heavy atom. The van der Waals surface area contributed by atoms with Crippen LogP contribution < -0.4 is 0 Å². The quantitative estimate of drug-likeness (QED) is 0.129. The van der Waals surface area contributed by atoms with E-state index in [1.807, 2.05) is 0 Å². The molecule has 3 unspecified atom stereocenters. The number of unbranched alkanes of at least 4 members (excludes halogenated alkanes) is 11. The molecule has 0 spiro atoms. The summed E-state index contributed by atoms with van der Waals surface area (Å²) in [5.41, 5.74) is 0. The molecule has 0 amide bonds. The lowest BCUT2D eigenvalue weighted by molar-refractivity contribution is 0.400. The van der Waals surface area contributed by atoms with Crippen LogP contribution in [0.3, 0.4) is 0 Å². The summed E-state index contributed by atoms with van der Waals surface area (Å²) < 4.78 is 0. The molecule has 0 aromatic heterocycles. The van der Waals surface area contributed by atoms with Gasteiger partial charge in [-0.3, -0.25) is 0 Å². The van der Waals surface area contributed by atoms with Crippen molar-refractivity contribution in [3.8, 4) is 11.8 Å². The first-order chi connectivity index (χ1) is 14.6. The third-order valence-electron chi connectivity index (χ3n) is 6.58. The van der Waals surface area contributed by atoms with Crippen molar-refractivity contribution >= 4 is 0 Å². The van der Waals surface area contributed by atoms with Gasteiger partial charge in [0.05, 0.1) is 0 Å². The summed E-state index contributed by atoms with van der Waals surface area (Å²) in [5.74, 6) is 9.30. The summed E-state index contributed by atoms with van der Waals surface area (Å²) >= 11 is 0. The Hall–Kier alpha value is -0.440. The minimum Gasteiger partial charge on any atom is -0.103 e. The molecular weight excluding hydrogens is 360 g/mol. The van der Waals surface area contributed by atoms with E-state index in [1.165, 1.54) is 109 Å². The van der Waals surface area contributed by atoms with Crippen molar-refractivity contribution < 1.29 is 0 Å². The molecule has 0 aliphatic heterocycles. The maximum absolute atomic E-state index is 3.97. The van der Waals surface area contributed by atoms with Crippen LogP contribution in [0.15, 0.2) is 0 Å². The zero-order valence-corrected chi connectivity index (χ0v) is 21.3. The lowest BCUT2D eigenvalue weighted by Crippen LogP contribution is -1.99. The molecule has 2 radical (unpaired) electrons. The lowest BCUT2D eigenvalue weighted by atomic mass is 9.93. The molecule has 0 bridgehead atoms. The average Bonchev–Trinajstić information content (AvgIpc) is 2.72. The number of hydrogen-bond donors (Lipinski definition) is 0. The van der Waals surface area contributed by atoms with Crippen molar-refractivity contribution in [2.75, 3.05) is 0 Å². The highest BCUT2D eigenvalue weighted by atomic mass is 14.1. The summed E-state index contributed by atoms with van der Waals surface area (Å²) in [4.78, 5) is 0. The van der Waals surface area contributed by atoms with Crippen LogP contribution in [0.1, 0.15) is 149 Å². The fourth-order valence-electron chi connectivity index (χ4n) is 4.34. The minimum atomic E-state index is 0.590. The maximum Gasteiger partial charge on any atom is 0.0174 e. The van der Waals surface area contributed by atoms with E-state index in [9.17, 15) is 0 Å². The zero-order valence-electron chi connectivity index (χ0n) is 21.3. The van der Waals surface area contributed by atoms with Gasteiger partial charge < -0.3 is 0 Å². The van der Waals surface area contributed by atoms with E-state index in [0.29, 0.717) is 5.92 Å². The first-order valence-electron chi connectivity index (χ1n) is 13.7. The van der Waals surface area contributed by atoms with Crippen LogP contribution in [-0.4, -0.2) is 0 Å². The zero-order chi connectivity index (χ0) is 22.3. The van der Waals surface area contributed by atoms with E-state index in [0.717, 1.165) is 31.1 Å². The second kappa shape index (κ2) is 23.2. The van der Waals surface area contributed by atoms with E-state index in [1.54, 1.807) is 0 Å². The fourth-order valence-corrected chi connectivity index (χ4v) is 4.34. The van der Waals surface area contributed by atoms with Crippen LogP contribution in [0.5, 0.6) is 0 Å². The Bertz CT molecular complexity index is 385. The summed E-state index contributed by atoms with van der Waals surface area (Å²) in [5, 5.41) is 0. The van der Waals surface area contributed by atoms with Gasteiger partial charge in [-0.1, -0.05) is 144 Å². The SMILES string of the molecule is [CH2]CCCCCCCC(C)C#CCCCCCCCCC(C)CCCC(C)CC[CH2]. The van der Waals surface area contributed by atoms with Gasteiger partial charge in [0.25, 0.3) is 0 Å². The molecular formula is C30H56. The number of hydrogen-bond acceptors (Lipinski definition) is 0. The highest BCUT2D eigenvalue weighted by molar-refractivity contribution is 5.02. The predicted molar refractivity (Wildman–Crippen MR) is 138 cm³/mol. The molecule has 0 fully saturated rings. The van der Waals surface area contributed by atoms with Gasteiger partial charge in [0, 0.05) is 12.3 Å². The van der Waals surface area contributed by atoms with E-state index in [-0.39, 0.29) is 0 Å². The van der Waals surface area contributed by atoms with Crippen molar-refractivity contribution in [2.45, 2.75) is 149 Å². The molecule has 0 aromatic carbocycles. The van der Waals surface area contributed by atoms with Gasteiger partial charge in [0.2, 0.25) is 0 Å². The molecule has 0 N–H and O–H groups in total. The Balaban J connectivity index is 3.38. The highest BCUT2D eigenvalue weighted by Gasteiger charge is 2.05. The van der Waals surface area contributed by atoms with Gasteiger partial charge in [-0.05, 0) is 24.7 Å². The van der Waals surface area contributed by atoms with Crippen molar-refractivity contribution in [3.05, 3.63) is 13.8 Å². The smallest absolute Gasteiger partial charge is 0.0174 e. The van der Waals surface area contributed by atoms with E-state index in [4.69, 9.17) is 0 Å². The molecule has 0 rings (SSSR count). The first kappa shape index (κ1) is 29.6. The van der Waals surface area contributed by atoms with Gasteiger partial charge in [-0.2, -0.15) is 0 Å². The largest absolute Gasteiger partial charge is 0.103 e. The normalized spacial score (nSPS) is 14.2. The monoisotopic (exact) mass is 416 g/mol. The molecule has 30 heavy (non-hydrogen) atoms. The summed E-state index contributed by atoms with van der Waals surface area (Å²) in [6, 6.07) is 0. The molecule has 0 saturated heterocycles. The second-order valence-corrected chi connectivity index (χ2v) is 10.1. The summed E-state index contributed by atoms with van der Waals surface area (Å²) in [7, 11) is 0. The van der Waals surface area contributed by atoms with Gasteiger partial charge in [-0.25, -0.2) is 0 Å². The summed E-state index contributed by atoms with van der Waals surface area (Å²) in [6.07, 6.45) is 26.7. The molecule has 0 saturated carbocycles. The van der Waals surface area contributed by atoms with Gasteiger partial charge in [0.1, 0.15) is 0 Å². The molecule has 0 heterocycles. The van der Waals surface area contributed by atoms with E-state index < -0.39 is 0 Å². The van der Waals surface area contributed by atoms with Crippen molar-refractivity contribution in [3.63, 3.8) is 0 Å². The molecule has 176 valence electrons. The van der Waals surface area contributed by atoms with Crippen LogP contribution in [0.2, 0.25) is 0 Å². The highest BCUT2D eigenvalue weighted by Crippen LogP contribution is 2.20. The van der Waals surface area contributed by atoms with Crippen molar-refractivity contribution in [2.24, 2.45) is 17.8 Å².